The summed E-state index contributed by atoms with van der Waals surface area (Å²) in [5, 5.41) is 6.74. The van der Waals surface area contributed by atoms with Crippen LogP contribution in [0.3, 0.4) is 0 Å². The van der Waals surface area contributed by atoms with E-state index in [1.54, 1.807) is 14.2 Å². The third kappa shape index (κ3) is 6.79. The number of benzene rings is 2. The number of ether oxygens (including phenoxy) is 4. The molecule has 1 unspecified atom stereocenters. The zero-order chi connectivity index (χ0) is 22.8. The van der Waals surface area contributed by atoms with Crippen molar-refractivity contribution < 1.29 is 18.9 Å². The van der Waals surface area contributed by atoms with E-state index in [9.17, 15) is 0 Å². The minimum absolute atomic E-state index is 0.469. The first-order valence-electron chi connectivity index (χ1n) is 11.2. The molecule has 174 valence electrons. The van der Waals surface area contributed by atoms with Crippen molar-refractivity contribution in [3.05, 3.63) is 53.1 Å². The number of aliphatic imine (C=N–C) groups is 1. The molecule has 1 saturated heterocycles. The summed E-state index contributed by atoms with van der Waals surface area (Å²) in [6, 6.07) is 12.2. The van der Waals surface area contributed by atoms with Gasteiger partial charge in [0, 0.05) is 38.2 Å². The average Bonchev–Trinajstić information content (AvgIpc) is 3.33. The van der Waals surface area contributed by atoms with Gasteiger partial charge in [-0.15, -0.1) is 0 Å². The first kappa shape index (κ1) is 23.7. The molecule has 2 aromatic carbocycles. The zero-order valence-corrected chi connectivity index (χ0v) is 19.6. The van der Waals surface area contributed by atoms with E-state index >= 15 is 0 Å². The molecule has 0 spiro atoms. The van der Waals surface area contributed by atoms with Crippen LogP contribution in [0, 0.1) is 12.8 Å². The van der Waals surface area contributed by atoms with Gasteiger partial charge in [0.05, 0.1) is 26.9 Å². The number of rotatable bonds is 10. The van der Waals surface area contributed by atoms with Crippen molar-refractivity contribution in [3.8, 4) is 17.2 Å². The van der Waals surface area contributed by atoms with E-state index in [0.29, 0.717) is 32.2 Å². The molecule has 1 aliphatic heterocycles. The maximum atomic E-state index is 6.15. The highest BCUT2D eigenvalue weighted by Crippen LogP contribution is 2.28. The number of nitrogens with zero attached hydrogens (tertiary/aromatic N) is 1. The summed E-state index contributed by atoms with van der Waals surface area (Å²) in [6.07, 6.45) is 1.06. The summed E-state index contributed by atoms with van der Waals surface area (Å²) >= 11 is 0. The van der Waals surface area contributed by atoms with E-state index in [1.165, 1.54) is 5.56 Å². The molecule has 0 saturated carbocycles. The van der Waals surface area contributed by atoms with Gasteiger partial charge in [0.2, 0.25) is 0 Å². The van der Waals surface area contributed by atoms with Crippen molar-refractivity contribution in [1.29, 1.82) is 0 Å². The van der Waals surface area contributed by atoms with Gasteiger partial charge < -0.3 is 29.6 Å². The topological polar surface area (TPSA) is 73.3 Å². The number of hydrogen-bond donors (Lipinski definition) is 2. The van der Waals surface area contributed by atoms with E-state index in [0.717, 1.165) is 54.0 Å². The lowest BCUT2D eigenvalue weighted by atomic mass is 10.1. The van der Waals surface area contributed by atoms with Gasteiger partial charge in [-0.3, -0.25) is 4.99 Å². The lowest BCUT2D eigenvalue weighted by Crippen LogP contribution is -2.36. The van der Waals surface area contributed by atoms with Crippen molar-refractivity contribution in [1.82, 2.24) is 10.6 Å². The average molecular weight is 442 g/mol. The van der Waals surface area contributed by atoms with Gasteiger partial charge in [-0.25, -0.2) is 0 Å². The Balaban J connectivity index is 1.56. The Labute approximate surface area is 191 Å². The van der Waals surface area contributed by atoms with Gasteiger partial charge in [-0.2, -0.15) is 0 Å². The Hall–Kier alpha value is -2.93. The minimum Gasteiger partial charge on any atom is -0.493 e. The Morgan fingerprint density at radius 1 is 1.06 bits per heavy atom. The molecular weight excluding hydrogens is 406 g/mol. The van der Waals surface area contributed by atoms with Crippen molar-refractivity contribution in [3.63, 3.8) is 0 Å². The molecule has 7 heteroatoms. The minimum atomic E-state index is 0.469. The summed E-state index contributed by atoms with van der Waals surface area (Å²) in [5.41, 5.74) is 3.36. The van der Waals surface area contributed by atoms with E-state index in [1.807, 2.05) is 25.1 Å². The summed E-state index contributed by atoms with van der Waals surface area (Å²) in [5.74, 6) is 3.57. The summed E-state index contributed by atoms with van der Waals surface area (Å²) in [7, 11) is 3.41. The molecule has 7 nitrogen and oxygen atoms in total. The molecular formula is C25H35N3O4. The van der Waals surface area contributed by atoms with Crippen molar-refractivity contribution in [2.75, 3.05) is 40.6 Å². The van der Waals surface area contributed by atoms with Crippen LogP contribution in [0.4, 0.5) is 0 Å². The first-order chi connectivity index (χ1) is 15.6. The molecule has 32 heavy (non-hydrogen) atoms. The Morgan fingerprint density at radius 2 is 1.91 bits per heavy atom. The van der Waals surface area contributed by atoms with Crippen LogP contribution in [-0.2, 0) is 17.8 Å². The van der Waals surface area contributed by atoms with E-state index in [-0.39, 0.29) is 0 Å². The fourth-order valence-electron chi connectivity index (χ4n) is 3.55. The van der Waals surface area contributed by atoms with Gasteiger partial charge >= 0.3 is 0 Å². The molecule has 3 rings (SSSR count). The smallest absolute Gasteiger partial charge is 0.191 e. The fourth-order valence-corrected chi connectivity index (χ4v) is 3.55. The van der Waals surface area contributed by atoms with Crippen LogP contribution < -0.4 is 24.8 Å². The van der Waals surface area contributed by atoms with Crippen LogP contribution in [-0.4, -0.2) is 46.5 Å². The van der Waals surface area contributed by atoms with Gasteiger partial charge in [0.1, 0.15) is 5.75 Å². The van der Waals surface area contributed by atoms with Gasteiger partial charge in [0.25, 0.3) is 0 Å². The summed E-state index contributed by atoms with van der Waals surface area (Å²) < 4.78 is 22.6. The van der Waals surface area contributed by atoms with Crippen LogP contribution in [0.15, 0.2) is 41.4 Å². The lowest BCUT2D eigenvalue weighted by molar-refractivity contribution is 0.166. The second-order valence-corrected chi connectivity index (χ2v) is 7.85. The molecule has 2 N–H and O–H groups in total. The molecule has 1 heterocycles. The molecule has 0 bridgehead atoms. The largest absolute Gasteiger partial charge is 0.493 e. The normalized spacial score (nSPS) is 16.0. The third-order valence-corrected chi connectivity index (χ3v) is 5.38. The second kappa shape index (κ2) is 12.2. The number of aryl methyl sites for hydroxylation is 1. The predicted octanol–water partition coefficient (Wildman–Crippen LogP) is 3.68. The Morgan fingerprint density at radius 3 is 2.62 bits per heavy atom. The fraction of sp³-hybridized carbons (Fsp3) is 0.480. The molecule has 2 aromatic rings. The third-order valence-electron chi connectivity index (χ3n) is 5.38. The maximum Gasteiger partial charge on any atom is 0.191 e. The quantitative estimate of drug-likeness (QED) is 0.433. The lowest BCUT2D eigenvalue weighted by Gasteiger charge is -2.17. The zero-order valence-electron chi connectivity index (χ0n) is 19.6. The SMILES string of the molecule is CCOc1cc(CNC(=NC)NCc2ccc(C)cc2OCC2CCOC2)ccc1OC. The van der Waals surface area contributed by atoms with Gasteiger partial charge in [0.15, 0.2) is 17.5 Å². The first-order valence-corrected chi connectivity index (χ1v) is 11.2. The highest BCUT2D eigenvalue weighted by Gasteiger charge is 2.17. The van der Waals surface area contributed by atoms with E-state index < -0.39 is 0 Å². The van der Waals surface area contributed by atoms with Crippen LogP contribution in [0.2, 0.25) is 0 Å². The number of hydrogen-bond acceptors (Lipinski definition) is 5. The molecule has 0 radical (unpaired) electrons. The second-order valence-electron chi connectivity index (χ2n) is 7.85. The van der Waals surface area contributed by atoms with Crippen molar-refractivity contribution in [2.45, 2.75) is 33.4 Å². The van der Waals surface area contributed by atoms with Crippen LogP contribution >= 0.6 is 0 Å². The molecule has 0 aliphatic carbocycles. The molecule has 1 atom stereocenters. The Kier molecular flexibility index (Phi) is 9.04. The van der Waals surface area contributed by atoms with E-state index in [4.69, 9.17) is 18.9 Å². The Bertz CT molecular complexity index is 895. The number of guanidine groups is 1. The highest BCUT2D eigenvalue weighted by molar-refractivity contribution is 5.79. The number of nitrogens with one attached hydrogen (secondary N) is 2. The van der Waals surface area contributed by atoms with Gasteiger partial charge in [-0.05, 0) is 49.6 Å². The van der Waals surface area contributed by atoms with Crippen molar-refractivity contribution in [2.24, 2.45) is 10.9 Å². The van der Waals surface area contributed by atoms with Crippen molar-refractivity contribution >= 4 is 5.96 Å². The van der Waals surface area contributed by atoms with Gasteiger partial charge in [-0.1, -0.05) is 18.2 Å². The van der Waals surface area contributed by atoms with Crippen LogP contribution in [0.25, 0.3) is 0 Å². The van der Waals surface area contributed by atoms with E-state index in [2.05, 4.69) is 40.7 Å². The monoisotopic (exact) mass is 441 g/mol. The molecule has 0 amide bonds. The van der Waals surface area contributed by atoms with Crippen LogP contribution in [0.5, 0.6) is 17.2 Å². The molecule has 1 fully saturated rings. The molecule has 1 aliphatic rings. The molecule has 0 aromatic heterocycles. The standard InChI is InChI=1S/C25H35N3O4/c1-5-31-24-13-19(7-9-22(24)29-4)14-27-25(26-3)28-15-21-8-6-18(2)12-23(21)32-17-20-10-11-30-16-20/h6-9,12-13,20H,5,10-11,14-17H2,1-4H3,(H2,26,27,28). The number of methoxy groups -OCH3 is 1. The maximum absolute atomic E-state index is 6.15. The summed E-state index contributed by atoms with van der Waals surface area (Å²) in [4.78, 5) is 4.35. The highest BCUT2D eigenvalue weighted by atomic mass is 16.5. The summed E-state index contributed by atoms with van der Waals surface area (Å²) in [6.45, 7) is 8.15. The van der Waals surface area contributed by atoms with Crippen LogP contribution in [0.1, 0.15) is 30.0 Å². The predicted molar refractivity (Wildman–Crippen MR) is 127 cm³/mol.